The molecule has 6 nitrogen and oxygen atoms in total. The smallest absolute Gasteiger partial charge is 0.308 e. The van der Waals surface area contributed by atoms with Crippen LogP contribution < -0.4 is 10.2 Å². The number of para-hydroxylation sites is 1. The van der Waals surface area contributed by atoms with Gasteiger partial charge in [0.05, 0.1) is 23.5 Å². The summed E-state index contributed by atoms with van der Waals surface area (Å²) in [5, 5.41) is 2.19. The number of nitrogens with one attached hydrogen (secondary N) is 1. The molecule has 28 heavy (non-hydrogen) atoms. The highest BCUT2D eigenvalue weighted by Gasteiger charge is 2.25. The van der Waals surface area contributed by atoms with E-state index in [2.05, 4.69) is 5.32 Å². The number of anilines is 2. The van der Waals surface area contributed by atoms with E-state index in [1.807, 2.05) is 18.2 Å². The number of benzene rings is 2. The monoisotopic (exact) mass is 406 g/mol. The molecule has 3 rings (SSSR count). The minimum absolute atomic E-state index is 0.0943. The van der Waals surface area contributed by atoms with Crippen molar-refractivity contribution >= 4 is 40.9 Å². The Labute approximate surface area is 163 Å². The number of amides is 2. The van der Waals surface area contributed by atoms with Crippen LogP contribution in [0.1, 0.15) is 6.42 Å². The van der Waals surface area contributed by atoms with E-state index < -0.39 is 30.1 Å². The second-order valence-electron chi connectivity index (χ2n) is 5.88. The number of carbonyl (C=O) groups excluding carboxylic acids is 3. The Balaban J connectivity index is 1.48. The lowest BCUT2D eigenvalue weighted by atomic mass is 10.2. The predicted octanol–water partition coefficient (Wildman–Crippen LogP) is 2.98. The maximum atomic E-state index is 13.5. The number of hydrogen-bond acceptors (Lipinski definition) is 5. The number of carbonyl (C=O) groups is 3. The first kappa shape index (κ1) is 19.8. The van der Waals surface area contributed by atoms with Gasteiger partial charge in [-0.15, -0.1) is 11.8 Å². The zero-order chi connectivity index (χ0) is 20.1. The van der Waals surface area contributed by atoms with E-state index in [0.29, 0.717) is 6.07 Å². The van der Waals surface area contributed by atoms with Crippen molar-refractivity contribution in [2.24, 2.45) is 0 Å². The van der Waals surface area contributed by atoms with Gasteiger partial charge in [-0.3, -0.25) is 14.4 Å². The van der Waals surface area contributed by atoms with Crippen LogP contribution in [0.4, 0.5) is 20.2 Å². The van der Waals surface area contributed by atoms with Gasteiger partial charge in [-0.2, -0.15) is 0 Å². The van der Waals surface area contributed by atoms with Gasteiger partial charge in [0.15, 0.2) is 6.61 Å². The molecule has 0 aliphatic carbocycles. The van der Waals surface area contributed by atoms with Gasteiger partial charge in [-0.05, 0) is 24.3 Å². The first-order valence-corrected chi connectivity index (χ1v) is 9.35. The van der Waals surface area contributed by atoms with Crippen LogP contribution in [0.3, 0.4) is 0 Å². The summed E-state index contributed by atoms with van der Waals surface area (Å²) >= 11 is 1.44. The number of esters is 1. The van der Waals surface area contributed by atoms with Crippen molar-refractivity contribution < 1.29 is 27.9 Å². The molecule has 1 aliphatic heterocycles. The Morgan fingerprint density at radius 2 is 1.96 bits per heavy atom. The maximum absolute atomic E-state index is 13.5. The van der Waals surface area contributed by atoms with Crippen LogP contribution in [0.5, 0.6) is 0 Å². The highest BCUT2D eigenvalue weighted by atomic mass is 32.2. The molecule has 1 heterocycles. The normalized spacial score (nSPS) is 13.1. The standard InChI is InChI=1S/C19H16F2N2O4S/c20-12-5-6-14(13(21)9-12)22-17(24)10-27-19(26)7-8-23-15-3-1-2-4-16(15)28-11-18(23)25/h1-6,9H,7-8,10-11H2,(H,22,24). The molecule has 2 aromatic rings. The Morgan fingerprint density at radius 1 is 1.18 bits per heavy atom. The average molecular weight is 406 g/mol. The van der Waals surface area contributed by atoms with Crippen molar-refractivity contribution in [1.82, 2.24) is 0 Å². The minimum atomic E-state index is -0.931. The Morgan fingerprint density at radius 3 is 2.75 bits per heavy atom. The Bertz CT molecular complexity index is 923. The third kappa shape index (κ3) is 4.86. The number of rotatable bonds is 6. The molecule has 0 saturated heterocycles. The third-order valence-electron chi connectivity index (χ3n) is 3.92. The number of ether oxygens (including phenoxy) is 1. The van der Waals surface area contributed by atoms with Gasteiger partial charge in [-0.25, -0.2) is 8.78 Å². The highest BCUT2D eigenvalue weighted by molar-refractivity contribution is 8.00. The van der Waals surface area contributed by atoms with Crippen molar-refractivity contribution in [2.45, 2.75) is 11.3 Å². The molecule has 1 aliphatic rings. The van der Waals surface area contributed by atoms with E-state index in [0.717, 1.165) is 22.7 Å². The molecule has 0 bridgehead atoms. The molecule has 2 amide bonds. The summed E-state index contributed by atoms with van der Waals surface area (Å²) in [6.07, 6.45) is -0.0943. The van der Waals surface area contributed by atoms with E-state index in [4.69, 9.17) is 4.74 Å². The molecule has 0 unspecified atom stereocenters. The van der Waals surface area contributed by atoms with Crippen molar-refractivity contribution in [2.75, 3.05) is 29.1 Å². The van der Waals surface area contributed by atoms with E-state index in [1.54, 1.807) is 6.07 Å². The third-order valence-corrected chi connectivity index (χ3v) is 4.96. The van der Waals surface area contributed by atoms with Crippen LogP contribution in [0.25, 0.3) is 0 Å². The fourth-order valence-corrected chi connectivity index (χ4v) is 3.53. The zero-order valence-electron chi connectivity index (χ0n) is 14.6. The van der Waals surface area contributed by atoms with Gasteiger partial charge in [0, 0.05) is 17.5 Å². The predicted molar refractivity (Wildman–Crippen MR) is 100 cm³/mol. The van der Waals surface area contributed by atoms with Crippen LogP contribution in [0.15, 0.2) is 47.4 Å². The van der Waals surface area contributed by atoms with E-state index in [-0.39, 0.29) is 30.3 Å². The summed E-state index contributed by atoms with van der Waals surface area (Å²) < 4.78 is 31.2. The summed E-state index contributed by atoms with van der Waals surface area (Å²) in [6.45, 7) is -0.487. The lowest BCUT2D eigenvalue weighted by molar-refractivity contribution is -0.147. The van der Waals surface area contributed by atoms with Gasteiger partial charge in [0.25, 0.3) is 5.91 Å². The van der Waals surface area contributed by atoms with Crippen LogP contribution in [-0.4, -0.2) is 36.7 Å². The first-order valence-electron chi connectivity index (χ1n) is 8.37. The fraction of sp³-hybridized carbons (Fsp3) is 0.211. The van der Waals surface area contributed by atoms with E-state index >= 15 is 0 Å². The van der Waals surface area contributed by atoms with Gasteiger partial charge < -0.3 is 15.0 Å². The molecule has 0 saturated carbocycles. The molecule has 0 fully saturated rings. The second kappa shape index (κ2) is 8.83. The molecule has 1 N–H and O–H groups in total. The highest BCUT2D eigenvalue weighted by Crippen LogP contribution is 2.34. The van der Waals surface area contributed by atoms with Gasteiger partial charge in [0.2, 0.25) is 5.91 Å². The summed E-state index contributed by atoms with van der Waals surface area (Å²) in [5.41, 5.74) is 0.525. The molecule has 0 radical (unpaired) electrons. The quantitative estimate of drug-likeness (QED) is 0.747. The second-order valence-corrected chi connectivity index (χ2v) is 6.90. The molecular formula is C19H16F2N2O4S. The van der Waals surface area contributed by atoms with E-state index in [1.165, 1.54) is 16.7 Å². The largest absolute Gasteiger partial charge is 0.456 e. The summed E-state index contributed by atoms with van der Waals surface area (Å²) in [7, 11) is 0. The summed E-state index contributed by atoms with van der Waals surface area (Å²) in [6, 6.07) is 10.1. The molecule has 2 aromatic carbocycles. The SMILES string of the molecule is O=C(COC(=O)CCN1C(=O)CSc2ccccc21)Nc1ccc(F)cc1F. The van der Waals surface area contributed by atoms with Gasteiger partial charge in [-0.1, -0.05) is 12.1 Å². The van der Waals surface area contributed by atoms with Crippen molar-refractivity contribution in [3.8, 4) is 0 Å². The lowest BCUT2D eigenvalue weighted by Crippen LogP contribution is -2.37. The molecule has 0 aromatic heterocycles. The number of hydrogen-bond donors (Lipinski definition) is 1. The Hall–Kier alpha value is -2.94. The number of thioether (sulfide) groups is 1. The topological polar surface area (TPSA) is 75.7 Å². The Kier molecular flexibility index (Phi) is 6.25. The van der Waals surface area contributed by atoms with Gasteiger partial charge in [0.1, 0.15) is 11.6 Å². The number of nitrogens with zero attached hydrogens (tertiary/aromatic N) is 1. The molecule has 0 atom stereocenters. The van der Waals surface area contributed by atoms with Crippen LogP contribution >= 0.6 is 11.8 Å². The first-order chi connectivity index (χ1) is 13.4. The molecule has 9 heteroatoms. The number of fused-ring (bicyclic) bond motifs is 1. The number of halogens is 2. The lowest BCUT2D eigenvalue weighted by Gasteiger charge is -2.28. The van der Waals surface area contributed by atoms with Crippen molar-refractivity contribution in [3.63, 3.8) is 0 Å². The minimum Gasteiger partial charge on any atom is -0.456 e. The van der Waals surface area contributed by atoms with Crippen molar-refractivity contribution in [1.29, 1.82) is 0 Å². The van der Waals surface area contributed by atoms with Crippen molar-refractivity contribution in [3.05, 3.63) is 54.1 Å². The van der Waals surface area contributed by atoms with E-state index in [9.17, 15) is 23.2 Å². The van der Waals surface area contributed by atoms with Crippen LogP contribution in [0.2, 0.25) is 0 Å². The average Bonchev–Trinajstić information content (AvgIpc) is 2.68. The zero-order valence-corrected chi connectivity index (χ0v) is 15.4. The summed E-state index contributed by atoms with van der Waals surface area (Å²) in [4.78, 5) is 38.3. The van der Waals surface area contributed by atoms with Crippen LogP contribution in [0, 0.1) is 11.6 Å². The fourth-order valence-electron chi connectivity index (χ4n) is 2.60. The maximum Gasteiger partial charge on any atom is 0.308 e. The molecular weight excluding hydrogens is 390 g/mol. The van der Waals surface area contributed by atoms with Crippen LogP contribution in [-0.2, 0) is 19.1 Å². The summed E-state index contributed by atoms with van der Waals surface area (Å²) in [5.74, 6) is -2.94. The molecule has 0 spiro atoms. The van der Waals surface area contributed by atoms with Gasteiger partial charge >= 0.3 is 5.97 Å². The molecule has 146 valence electrons.